The van der Waals surface area contributed by atoms with Crippen LogP contribution in [0.15, 0.2) is 4.99 Å². The number of rotatable bonds is 10. The maximum absolute atomic E-state index is 12.2. The van der Waals surface area contributed by atoms with Gasteiger partial charge >= 0.3 is 0 Å². The normalized spacial score (nSPS) is 18.7. The minimum atomic E-state index is 0.0657. The van der Waals surface area contributed by atoms with Crippen LogP contribution in [0.2, 0.25) is 0 Å². The molecule has 1 aliphatic rings. The van der Waals surface area contributed by atoms with Gasteiger partial charge in [-0.05, 0) is 39.2 Å². The lowest BCUT2D eigenvalue weighted by molar-refractivity contribution is -0.133. The number of likely N-dealkylation sites (tertiary alicyclic amines) is 1. The Morgan fingerprint density at radius 1 is 1.29 bits per heavy atom. The molecule has 0 spiro atoms. The molecule has 0 aromatic rings. The van der Waals surface area contributed by atoms with Crippen molar-refractivity contribution < 1.29 is 9.53 Å². The van der Waals surface area contributed by atoms with Gasteiger partial charge in [0.15, 0.2) is 5.96 Å². The van der Waals surface area contributed by atoms with Crippen LogP contribution in [0.1, 0.15) is 32.6 Å². The topological polar surface area (TPSA) is 69.2 Å². The molecular weight excluding hydrogens is 306 g/mol. The standard InChI is InChI=1S/C17H35N5O2/c1-5-24-14-8-11-20-17(18-2)19-10-7-13-22-12-6-9-15(22)16(23)21(3)4/h15H,5-14H2,1-4H3,(H2,18,19,20). The van der Waals surface area contributed by atoms with Crippen molar-refractivity contribution >= 4 is 11.9 Å². The third-order valence-corrected chi connectivity index (χ3v) is 4.19. The van der Waals surface area contributed by atoms with Crippen molar-refractivity contribution in [3.63, 3.8) is 0 Å². The van der Waals surface area contributed by atoms with E-state index >= 15 is 0 Å². The smallest absolute Gasteiger partial charge is 0.239 e. The second kappa shape index (κ2) is 12.1. The number of nitrogens with one attached hydrogen (secondary N) is 2. The van der Waals surface area contributed by atoms with Crippen molar-refractivity contribution in [3.8, 4) is 0 Å². The number of nitrogens with zero attached hydrogens (tertiary/aromatic N) is 3. The Kier molecular flexibility index (Phi) is 10.4. The summed E-state index contributed by atoms with van der Waals surface area (Å²) in [5, 5.41) is 6.61. The maximum atomic E-state index is 12.2. The number of carbonyl (C=O) groups excluding carboxylic acids is 1. The lowest BCUT2D eigenvalue weighted by Crippen LogP contribution is -2.44. The van der Waals surface area contributed by atoms with Crippen LogP contribution < -0.4 is 10.6 Å². The second-order valence-electron chi connectivity index (χ2n) is 6.26. The van der Waals surface area contributed by atoms with E-state index in [0.717, 1.165) is 71.0 Å². The van der Waals surface area contributed by atoms with Crippen LogP contribution in [0.3, 0.4) is 0 Å². The molecule has 2 N–H and O–H groups in total. The molecule has 1 fully saturated rings. The molecule has 7 nitrogen and oxygen atoms in total. The van der Waals surface area contributed by atoms with Crippen molar-refractivity contribution in [2.45, 2.75) is 38.6 Å². The van der Waals surface area contributed by atoms with E-state index in [2.05, 4.69) is 20.5 Å². The summed E-state index contributed by atoms with van der Waals surface area (Å²) < 4.78 is 5.31. The molecule has 0 aromatic heterocycles. The van der Waals surface area contributed by atoms with Crippen molar-refractivity contribution in [1.82, 2.24) is 20.4 Å². The van der Waals surface area contributed by atoms with E-state index < -0.39 is 0 Å². The molecule has 0 saturated carbocycles. The highest BCUT2D eigenvalue weighted by atomic mass is 16.5. The highest BCUT2D eigenvalue weighted by Crippen LogP contribution is 2.18. The summed E-state index contributed by atoms with van der Waals surface area (Å²) in [7, 11) is 5.45. The van der Waals surface area contributed by atoms with E-state index in [1.165, 1.54) is 0 Å². The summed E-state index contributed by atoms with van der Waals surface area (Å²) >= 11 is 0. The van der Waals surface area contributed by atoms with Crippen LogP contribution in [0.5, 0.6) is 0 Å². The summed E-state index contributed by atoms with van der Waals surface area (Å²) in [5.74, 6) is 1.06. The summed E-state index contributed by atoms with van der Waals surface area (Å²) in [6.07, 6.45) is 4.06. The summed E-state index contributed by atoms with van der Waals surface area (Å²) in [4.78, 5) is 20.4. The Morgan fingerprint density at radius 3 is 2.62 bits per heavy atom. The number of amides is 1. The van der Waals surface area contributed by atoms with Crippen molar-refractivity contribution in [2.24, 2.45) is 4.99 Å². The number of guanidine groups is 1. The van der Waals surface area contributed by atoms with Gasteiger partial charge in [-0.1, -0.05) is 0 Å². The molecule has 0 bridgehead atoms. The van der Waals surface area contributed by atoms with E-state index in [9.17, 15) is 4.79 Å². The first-order valence-corrected chi connectivity index (χ1v) is 9.07. The van der Waals surface area contributed by atoms with Crippen LogP contribution >= 0.6 is 0 Å². The monoisotopic (exact) mass is 341 g/mol. The van der Waals surface area contributed by atoms with E-state index in [-0.39, 0.29) is 11.9 Å². The van der Waals surface area contributed by atoms with Gasteiger partial charge < -0.3 is 20.3 Å². The van der Waals surface area contributed by atoms with Crippen LogP contribution in [-0.4, -0.2) is 88.2 Å². The Hall–Kier alpha value is -1.34. The molecule has 1 rings (SSSR count). The fraction of sp³-hybridized carbons (Fsp3) is 0.882. The Labute approximate surface area is 146 Å². The Balaban J connectivity index is 2.18. The number of hydrogen-bond acceptors (Lipinski definition) is 4. The molecule has 0 radical (unpaired) electrons. The zero-order valence-corrected chi connectivity index (χ0v) is 15.8. The third-order valence-electron chi connectivity index (χ3n) is 4.19. The molecule has 0 aliphatic carbocycles. The zero-order chi connectivity index (χ0) is 17.8. The molecule has 1 aliphatic heterocycles. The van der Waals surface area contributed by atoms with Crippen LogP contribution in [0, 0.1) is 0 Å². The van der Waals surface area contributed by atoms with Crippen molar-refractivity contribution in [1.29, 1.82) is 0 Å². The Bertz CT molecular complexity index is 387. The molecule has 7 heteroatoms. The predicted octanol–water partition coefficient (Wildman–Crippen LogP) is 0.521. The van der Waals surface area contributed by atoms with Gasteiger partial charge in [0.2, 0.25) is 5.91 Å². The first-order valence-electron chi connectivity index (χ1n) is 9.07. The van der Waals surface area contributed by atoms with Gasteiger partial charge in [0, 0.05) is 54.0 Å². The minimum Gasteiger partial charge on any atom is -0.382 e. The number of carbonyl (C=O) groups is 1. The van der Waals surface area contributed by atoms with E-state index in [1.54, 1.807) is 11.9 Å². The summed E-state index contributed by atoms with van der Waals surface area (Å²) in [6, 6.07) is 0.0657. The molecule has 1 amide bonds. The minimum absolute atomic E-state index is 0.0657. The number of likely N-dealkylation sites (N-methyl/N-ethyl adjacent to an activating group) is 1. The van der Waals surface area contributed by atoms with Gasteiger partial charge in [-0.15, -0.1) is 0 Å². The van der Waals surface area contributed by atoms with Gasteiger partial charge in [0.25, 0.3) is 0 Å². The van der Waals surface area contributed by atoms with Crippen LogP contribution in [-0.2, 0) is 9.53 Å². The van der Waals surface area contributed by atoms with E-state index in [0.29, 0.717) is 0 Å². The van der Waals surface area contributed by atoms with Crippen molar-refractivity contribution in [3.05, 3.63) is 0 Å². The molecule has 140 valence electrons. The van der Waals surface area contributed by atoms with Crippen LogP contribution in [0.25, 0.3) is 0 Å². The van der Waals surface area contributed by atoms with Gasteiger partial charge in [0.05, 0.1) is 6.04 Å². The van der Waals surface area contributed by atoms with E-state index in [1.807, 2.05) is 21.0 Å². The van der Waals surface area contributed by atoms with Crippen LogP contribution in [0.4, 0.5) is 0 Å². The molecule has 1 atom stereocenters. The molecule has 1 unspecified atom stereocenters. The SMILES string of the molecule is CCOCCCNC(=NC)NCCCN1CCCC1C(=O)N(C)C. The molecule has 1 heterocycles. The zero-order valence-electron chi connectivity index (χ0n) is 15.8. The average Bonchev–Trinajstić information content (AvgIpc) is 3.04. The summed E-state index contributed by atoms with van der Waals surface area (Å²) in [5.41, 5.74) is 0. The van der Waals surface area contributed by atoms with Gasteiger partial charge in [-0.25, -0.2) is 0 Å². The third kappa shape index (κ3) is 7.49. The molecular formula is C17H35N5O2. The average molecular weight is 342 g/mol. The molecule has 0 aromatic carbocycles. The van der Waals surface area contributed by atoms with E-state index in [4.69, 9.17) is 4.74 Å². The van der Waals surface area contributed by atoms with Gasteiger partial charge in [-0.3, -0.25) is 14.7 Å². The highest BCUT2D eigenvalue weighted by molar-refractivity contribution is 5.81. The fourth-order valence-corrected chi connectivity index (χ4v) is 2.91. The highest BCUT2D eigenvalue weighted by Gasteiger charge is 2.30. The fourth-order valence-electron chi connectivity index (χ4n) is 2.91. The first kappa shape index (κ1) is 20.7. The van der Waals surface area contributed by atoms with Gasteiger partial charge in [-0.2, -0.15) is 0 Å². The molecule has 1 saturated heterocycles. The predicted molar refractivity (Wildman–Crippen MR) is 98.4 cm³/mol. The lowest BCUT2D eigenvalue weighted by Gasteiger charge is -2.26. The maximum Gasteiger partial charge on any atom is 0.239 e. The van der Waals surface area contributed by atoms with Crippen molar-refractivity contribution in [2.75, 3.05) is 60.5 Å². The molecule has 24 heavy (non-hydrogen) atoms. The lowest BCUT2D eigenvalue weighted by atomic mass is 10.2. The second-order valence-corrected chi connectivity index (χ2v) is 6.26. The number of aliphatic imine (C=N–C) groups is 1. The Morgan fingerprint density at radius 2 is 2.00 bits per heavy atom. The quantitative estimate of drug-likeness (QED) is 0.344. The first-order chi connectivity index (χ1) is 11.6. The number of hydrogen-bond donors (Lipinski definition) is 2. The number of ether oxygens (including phenoxy) is 1. The largest absolute Gasteiger partial charge is 0.382 e. The van der Waals surface area contributed by atoms with Gasteiger partial charge in [0.1, 0.15) is 0 Å². The summed E-state index contributed by atoms with van der Waals surface area (Å²) in [6.45, 7) is 7.21.